The molecule has 1 fully saturated rings. The molecule has 1 saturated heterocycles. The van der Waals surface area contributed by atoms with Gasteiger partial charge in [0.1, 0.15) is 53.0 Å². The molecule has 0 aliphatic carbocycles. The number of aliphatic hydroxyl groups excluding tert-OH is 5. The molecule has 0 amide bonds. The van der Waals surface area contributed by atoms with Gasteiger partial charge in [0.05, 0.1) is 6.61 Å². The summed E-state index contributed by atoms with van der Waals surface area (Å²) in [5.41, 5.74) is 0.128. The van der Waals surface area contributed by atoms with Crippen LogP contribution >= 0.6 is 0 Å². The Hall–Kier alpha value is -2.93. The molecule has 0 spiro atoms. The molecule has 2 aromatic rings. The molecule has 2 heterocycles. The number of carbonyl (C=O) groups excluding carboxylic acids is 1. The van der Waals surface area contributed by atoms with Crippen LogP contribution in [0.25, 0.3) is 0 Å². The van der Waals surface area contributed by atoms with Gasteiger partial charge in [-0.1, -0.05) is 12.1 Å². The Bertz CT molecular complexity index is 990. The molecule has 172 valence electrons. The van der Waals surface area contributed by atoms with E-state index in [1.165, 1.54) is 30.3 Å². The van der Waals surface area contributed by atoms with E-state index in [4.69, 9.17) is 14.2 Å². The predicted octanol–water partition coefficient (Wildman–Crippen LogP) is -1.05. The maximum atomic E-state index is 12.7. The highest BCUT2D eigenvalue weighted by atomic mass is 16.7. The van der Waals surface area contributed by atoms with E-state index in [-0.39, 0.29) is 22.8 Å². The Kier molecular flexibility index (Phi) is 5.95. The van der Waals surface area contributed by atoms with Crippen LogP contribution in [0, 0.1) is 0 Å². The SMILES string of the molecule is O=C1c2c(O)cc(OC3OC(CO)C(O)C(O)C3O)cc2OC(c2ccc(O)cc2)C1O. The van der Waals surface area contributed by atoms with Crippen molar-refractivity contribution in [2.45, 2.75) is 42.9 Å². The van der Waals surface area contributed by atoms with Crippen LogP contribution in [0.5, 0.6) is 23.0 Å². The Balaban J connectivity index is 1.63. The van der Waals surface area contributed by atoms with E-state index in [0.717, 1.165) is 6.07 Å². The van der Waals surface area contributed by atoms with Gasteiger partial charge in [-0.05, 0) is 17.7 Å². The second kappa shape index (κ2) is 8.54. The molecular weight excluding hydrogens is 428 g/mol. The van der Waals surface area contributed by atoms with Gasteiger partial charge in [0, 0.05) is 12.1 Å². The normalized spacial score (nSPS) is 32.2. The average Bonchev–Trinajstić information content (AvgIpc) is 2.77. The number of phenols is 2. The standard InChI is InChI=1S/C21H22O11/c22-7-13-15(25)17(27)19(29)21(32-13)30-10-5-11(24)14-12(6-10)31-20(18(28)16(14)26)8-1-3-9(23)4-2-8/h1-6,13,15,17-25,27-29H,7H2. The molecule has 11 nitrogen and oxygen atoms in total. The highest BCUT2D eigenvalue weighted by molar-refractivity contribution is 6.05. The average molecular weight is 450 g/mol. The Morgan fingerprint density at radius 1 is 0.938 bits per heavy atom. The quantitative estimate of drug-likeness (QED) is 0.301. The first kappa shape index (κ1) is 22.3. The van der Waals surface area contributed by atoms with Gasteiger partial charge in [-0.15, -0.1) is 0 Å². The highest BCUT2D eigenvalue weighted by Gasteiger charge is 2.45. The van der Waals surface area contributed by atoms with Crippen molar-refractivity contribution in [3.8, 4) is 23.0 Å². The van der Waals surface area contributed by atoms with Crippen molar-refractivity contribution in [2.75, 3.05) is 6.61 Å². The minimum Gasteiger partial charge on any atom is -0.508 e. The van der Waals surface area contributed by atoms with Crippen molar-refractivity contribution in [3.05, 3.63) is 47.5 Å². The molecule has 7 unspecified atom stereocenters. The van der Waals surface area contributed by atoms with Crippen LogP contribution in [0.4, 0.5) is 0 Å². The molecule has 32 heavy (non-hydrogen) atoms. The number of aliphatic hydroxyl groups is 5. The summed E-state index contributed by atoms with van der Waals surface area (Å²) in [6.07, 6.45) is -10.4. The molecule has 0 bridgehead atoms. The largest absolute Gasteiger partial charge is 0.508 e. The number of carbonyl (C=O) groups is 1. The lowest BCUT2D eigenvalue weighted by atomic mass is 9.93. The van der Waals surface area contributed by atoms with Crippen LogP contribution in [0.2, 0.25) is 0 Å². The van der Waals surface area contributed by atoms with E-state index >= 15 is 0 Å². The smallest absolute Gasteiger partial charge is 0.229 e. The van der Waals surface area contributed by atoms with E-state index in [2.05, 4.69) is 0 Å². The molecule has 7 atom stereocenters. The summed E-state index contributed by atoms with van der Waals surface area (Å²) in [5.74, 6) is -1.59. The molecule has 2 aliphatic heterocycles. The monoisotopic (exact) mass is 450 g/mol. The summed E-state index contributed by atoms with van der Waals surface area (Å²) < 4.78 is 16.5. The summed E-state index contributed by atoms with van der Waals surface area (Å²) in [6.45, 7) is -0.649. The van der Waals surface area contributed by atoms with Gasteiger partial charge in [0.2, 0.25) is 12.1 Å². The summed E-state index contributed by atoms with van der Waals surface area (Å²) in [5, 5.41) is 69.4. The van der Waals surface area contributed by atoms with E-state index in [9.17, 15) is 40.5 Å². The lowest BCUT2D eigenvalue weighted by molar-refractivity contribution is -0.277. The first-order valence-corrected chi connectivity index (χ1v) is 9.73. The molecule has 7 N–H and O–H groups in total. The lowest BCUT2D eigenvalue weighted by Crippen LogP contribution is -2.60. The van der Waals surface area contributed by atoms with Crippen molar-refractivity contribution < 1.29 is 54.8 Å². The zero-order chi connectivity index (χ0) is 23.2. The molecule has 2 aromatic carbocycles. The van der Waals surface area contributed by atoms with Crippen LogP contribution in [0.3, 0.4) is 0 Å². The van der Waals surface area contributed by atoms with E-state index in [0.29, 0.717) is 5.56 Å². The van der Waals surface area contributed by atoms with Gasteiger partial charge in [-0.2, -0.15) is 0 Å². The Labute approximate surface area is 181 Å². The number of benzene rings is 2. The van der Waals surface area contributed by atoms with Gasteiger partial charge >= 0.3 is 0 Å². The molecular formula is C21H22O11. The van der Waals surface area contributed by atoms with Gasteiger partial charge < -0.3 is 50.0 Å². The van der Waals surface area contributed by atoms with Crippen LogP contribution in [0.15, 0.2) is 36.4 Å². The molecule has 0 saturated carbocycles. The molecule has 0 aromatic heterocycles. The fraction of sp³-hybridized carbons (Fsp3) is 0.381. The van der Waals surface area contributed by atoms with Gasteiger partial charge in [0.15, 0.2) is 12.2 Å². The second-order valence-corrected chi connectivity index (χ2v) is 7.57. The second-order valence-electron chi connectivity index (χ2n) is 7.57. The van der Waals surface area contributed by atoms with Crippen molar-refractivity contribution >= 4 is 5.78 Å². The van der Waals surface area contributed by atoms with Crippen LogP contribution in [-0.4, -0.2) is 84.9 Å². The van der Waals surface area contributed by atoms with Crippen LogP contribution in [0.1, 0.15) is 22.0 Å². The van der Waals surface area contributed by atoms with E-state index < -0.39 is 61.1 Å². The number of aromatic hydroxyl groups is 2. The van der Waals surface area contributed by atoms with Crippen molar-refractivity contribution in [3.63, 3.8) is 0 Å². The molecule has 2 aliphatic rings. The van der Waals surface area contributed by atoms with Crippen LogP contribution in [-0.2, 0) is 4.74 Å². The maximum Gasteiger partial charge on any atom is 0.229 e. The molecule has 4 rings (SSSR count). The van der Waals surface area contributed by atoms with Gasteiger partial charge in [-0.3, -0.25) is 4.79 Å². The van der Waals surface area contributed by atoms with Crippen LogP contribution < -0.4 is 9.47 Å². The summed E-state index contributed by atoms with van der Waals surface area (Å²) in [7, 11) is 0. The fourth-order valence-corrected chi connectivity index (χ4v) is 3.68. The molecule has 0 radical (unpaired) electrons. The number of rotatable bonds is 4. The van der Waals surface area contributed by atoms with Crippen molar-refractivity contribution in [2.24, 2.45) is 0 Å². The highest BCUT2D eigenvalue weighted by Crippen LogP contribution is 2.42. The zero-order valence-electron chi connectivity index (χ0n) is 16.5. The third-order valence-corrected chi connectivity index (χ3v) is 5.43. The van der Waals surface area contributed by atoms with E-state index in [1.807, 2.05) is 0 Å². The number of hydrogen-bond acceptors (Lipinski definition) is 11. The number of ether oxygens (including phenoxy) is 3. The van der Waals surface area contributed by atoms with E-state index in [1.54, 1.807) is 0 Å². The van der Waals surface area contributed by atoms with Gasteiger partial charge in [-0.25, -0.2) is 0 Å². The summed E-state index contributed by atoms with van der Waals surface area (Å²) in [6, 6.07) is 7.93. The number of Topliss-reactive ketones (excluding diaryl/α,β-unsaturated/α-hetero) is 1. The fourth-order valence-electron chi connectivity index (χ4n) is 3.68. The first-order chi connectivity index (χ1) is 15.2. The third-order valence-electron chi connectivity index (χ3n) is 5.43. The Morgan fingerprint density at radius 3 is 2.28 bits per heavy atom. The zero-order valence-corrected chi connectivity index (χ0v) is 16.5. The minimum absolute atomic E-state index is 0.0152. The number of phenolic OH excluding ortho intramolecular Hbond substituents is 2. The minimum atomic E-state index is -1.68. The first-order valence-electron chi connectivity index (χ1n) is 9.73. The van der Waals surface area contributed by atoms with Crippen molar-refractivity contribution in [1.82, 2.24) is 0 Å². The third kappa shape index (κ3) is 3.86. The lowest BCUT2D eigenvalue weighted by Gasteiger charge is -2.39. The Morgan fingerprint density at radius 2 is 1.62 bits per heavy atom. The number of hydrogen-bond donors (Lipinski definition) is 7. The number of ketones is 1. The summed E-state index contributed by atoms with van der Waals surface area (Å²) in [4.78, 5) is 12.7. The topological polar surface area (TPSA) is 186 Å². The predicted molar refractivity (Wildman–Crippen MR) is 104 cm³/mol. The molecule has 11 heteroatoms. The van der Waals surface area contributed by atoms with Gasteiger partial charge in [0.25, 0.3) is 0 Å². The number of fused-ring (bicyclic) bond motifs is 1. The summed E-state index contributed by atoms with van der Waals surface area (Å²) >= 11 is 0. The van der Waals surface area contributed by atoms with Crippen molar-refractivity contribution in [1.29, 1.82) is 0 Å². The maximum absolute atomic E-state index is 12.7.